The number of hydrogen-bond acceptors (Lipinski definition) is 3. The summed E-state index contributed by atoms with van der Waals surface area (Å²) in [5.41, 5.74) is 7.75. The fourth-order valence-electron chi connectivity index (χ4n) is 5.23. The molecule has 0 amide bonds. The van der Waals surface area contributed by atoms with Crippen LogP contribution in [0.1, 0.15) is 16.8 Å². The van der Waals surface area contributed by atoms with Crippen molar-refractivity contribution in [3.05, 3.63) is 120 Å². The van der Waals surface area contributed by atoms with Crippen molar-refractivity contribution < 1.29 is 0 Å². The van der Waals surface area contributed by atoms with E-state index in [1.54, 1.807) is 6.33 Å². The highest BCUT2D eigenvalue weighted by atomic mass is 127. The summed E-state index contributed by atoms with van der Waals surface area (Å²) in [4.78, 5) is 7.52. The lowest BCUT2D eigenvalue weighted by Crippen LogP contribution is -2.37. The van der Waals surface area contributed by atoms with Crippen molar-refractivity contribution in [3.8, 4) is 11.1 Å². The van der Waals surface area contributed by atoms with Crippen LogP contribution in [-0.2, 0) is 19.4 Å². The van der Waals surface area contributed by atoms with Gasteiger partial charge < -0.3 is 4.98 Å². The molecule has 0 saturated heterocycles. The molecule has 0 radical (unpaired) electrons. The van der Waals surface area contributed by atoms with Crippen molar-refractivity contribution in [2.45, 2.75) is 19.4 Å². The fourth-order valence-corrected chi connectivity index (χ4v) is 6.17. The monoisotopic (exact) mass is 570 g/mol. The first-order valence-electron chi connectivity index (χ1n) is 12.1. The molecule has 0 spiro atoms. The molecule has 0 bridgehead atoms. The minimum absolute atomic E-state index is 0.495. The highest BCUT2D eigenvalue weighted by Gasteiger charge is 2.28. The Bertz CT molecular complexity index is 1430. The average molecular weight is 570 g/mol. The summed E-state index contributed by atoms with van der Waals surface area (Å²) in [6.07, 6.45) is 5.76. The van der Waals surface area contributed by atoms with Crippen LogP contribution in [0.2, 0.25) is 0 Å². The van der Waals surface area contributed by atoms with Crippen LogP contribution in [0.3, 0.4) is 0 Å². The fraction of sp³-hybridized carbons (Fsp3) is 0.167. The zero-order chi connectivity index (χ0) is 23.6. The highest BCUT2D eigenvalue weighted by molar-refractivity contribution is 14.1. The summed E-state index contributed by atoms with van der Waals surface area (Å²) in [5.74, 6) is 0.495. The van der Waals surface area contributed by atoms with E-state index in [9.17, 15) is 0 Å². The van der Waals surface area contributed by atoms with E-state index in [1.165, 1.54) is 38.7 Å². The molecular weight excluding hydrogens is 543 g/mol. The third-order valence-corrected chi connectivity index (χ3v) is 7.82. The summed E-state index contributed by atoms with van der Waals surface area (Å²) < 4.78 is 2.36. The van der Waals surface area contributed by atoms with Crippen LogP contribution < -0.4 is 5.01 Å². The molecule has 1 atom stereocenters. The molecule has 0 saturated carbocycles. The van der Waals surface area contributed by atoms with Gasteiger partial charge in [0.2, 0.25) is 0 Å². The first kappa shape index (κ1) is 22.3. The second kappa shape index (κ2) is 9.84. The van der Waals surface area contributed by atoms with Gasteiger partial charge in [0, 0.05) is 35.6 Å². The number of benzene rings is 4. The van der Waals surface area contributed by atoms with Crippen molar-refractivity contribution in [2.75, 3.05) is 11.6 Å². The molecule has 0 fully saturated rings. The zero-order valence-corrected chi connectivity index (χ0v) is 21.6. The Morgan fingerprint density at radius 3 is 2.57 bits per heavy atom. The van der Waals surface area contributed by atoms with E-state index in [2.05, 4.69) is 132 Å². The number of hydrogen-bond donors (Lipinski definition) is 1. The highest BCUT2D eigenvalue weighted by Crippen LogP contribution is 2.36. The second-order valence-corrected chi connectivity index (χ2v) is 10.4. The van der Waals surface area contributed by atoms with Gasteiger partial charge in [0.25, 0.3) is 0 Å². The van der Waals surface area contributed by atoms with Crippen molar-refractivity contribution >= 4 is 39.3 Å². The standard InChI is InChI=1S/C30H27IN4/c31-35-19-22(15-26-11-6-10-24-9-4-5-12-29(24)26)16-27-17-25(23-7-2-1-3-8-23)13-14-30(27)34(35)20-28-18-32-21-33-28/h1-14,17-18,21-22H,15-16,19-20H2,(H,32,33). The predicted molar refractivity (Wildman–Crippen MR) is 152 cm³/mol. The van der Waals surface area contributed by atoms with Gasteiger partial charge in [0.1, 0.15) is 0 Å². The summed E-state index contributed by atoms with van der Waals surface area (Å²) in [6, 6.07) is 33.1. The molecule has 4 nitrogen and oxygen atoms in total. The molecule has 1 aliphatic rings. The summed E-state index contributed by atoms with van der Waals surface area (Å²) in [6.45, 7) is 1.74. The van der Waals surface area contributed by atoms with Crippen LogP contribution in [0, 0.1) is 5.92 Å². The number of anilines is 1. The van der Waals surface area contributed by atoms with Crippen LogP contribution in [0.5, 0.6) is 0 Å². The smallest absolute Gasteiger partial charge is 0.0922 e. The quantitative estimate of drug-likeness (QED) is 0.179. The van der Waals surface area contributed by atoms with Crippen molar-refractivity contribution in [1.29, 1.82) is 0 Å². The molecule has 35 heavy (non-hydrogen) atoms. The van der Waals surface area contributed by atoms with Gasteiger partial charge in [0.15, 0.2) is 0 Å². The van der Waals surface area contributed by atoms with Crippen molar-refractivity contribution in [1.82, 2.24) is 13.2 Å². The molecule has 1 unspecified atom stereocenters. The lowest BCUT2D eigenvalue weighted by atomic mass is 9.89. The third-order valence-electron chi connectivity index (χ3n) is 6.91. The Kier molecular flexibility index (Phi) is 6.27. The Morgan fingerprint density at radius 1 is 0.886 bits per heavy atom. The van der Waals surface area contributed by atoms with Crippen molar-refractivity contribution in [2.24, 2.45) is 5.92 Å². The molecule has 1 aliphatic heterocycles. The topological polar surface area (TPSA) is 35.2 Å². The van der Waals surface area contributed by atoms with E-state index >= 15 is 0 Å². The number of nitrogens with zero attached hydrogens (tertiary/aromatic N) is 3. The maximum absolute atomic E-state index is 4.24. The number of aromatic amines is 1. The minimum Gasteiger partial charge on any atom is -0.347 e. The van der Waals surface area contributed by atoms with Gasteiger partial charge in [-0.05, 0) is 63.9 Å². The molecule has 174 valence electrons. The molecule has 6 rings (SSSR count). The first-order valence-corrected chi connectivity index (χ1v) is 13.0. The van der Waals surface area contributed by atoms with Crippen LogP contribution in [0.15, 0.2) is 104 Å². The molecule has 1 N–H and O–H groups in total. The van der Waals surface area contributed by atoms with E-state index in [0.29, 0.717) is 5.92 Å². The van der Waals surface area contributed by atoms with E-state index in [-0.39, 0.29) is 0 Å². The van der Waals surface area contributed by atoms with Crippen LogP contribution in [-0.4, -0.2) is 19.7 Å². The Hall–Kier alpha value is -3.16. The second-order valence-electron chi connectivity index (χ2n) is 9.28. The SMILES string of the molecule is IN1CC(Cc2cccc3ccccc23)Cc2cc(-c3ccccc3)ccc2N1Cc1cnc[nH]1. The van der Waals surface area contributed by atoms with E-state index in [4.69, 9.17) is 0 Å². The average Bonchev–Trinajstić information content (AvgIpc) is 3.37. The lowest BCUT2D eigenvalue weighted by molar-refractivity contribution is 0.380. The Labute approximate surface area is 220 Å². The van der Waals surface area contributed by atoms with Gasteiger partial charge in [-0.1, -0.05) is 78.9 Å². The number of nitrogens with one attached hydrogen (secondary N) is 1. The lowest BCUT2D eigenvalue weighted by Gasteiger charge is -2.31. The maximum atomic E-state index is 4.24. The van der Waals surface area contributed by atoms with Gasteiger partial charge in [-0.2, -0.15) is 3.22 Å². The molecule has 1 aromatic heterocycles. The number of imidazole rings is 1. The number of fused-ring (bicyclic) bond motifs is 2. The molecule has 0 aliphatic carbocycles. The molecule has 2 heterocycles. The summed E-state index contributed by atoms with van der Waals surface area (Å²) in [7, 11) is 0. The van der Waals surface area contributed by atoms with E-state index < -0.39 is 0 Å². The van der Waals surface area contributed by atoms with Crippen LogP contribution >= 0.6 is 22.9 Å². The van der Waals surface area contributed by atoms with Gasteiger partial charge in [-0.3, -0.25) is 5.01 Å². The van der Waals surface area contributed by atoms with E-state index in [1.807, 2.05) is 6.20 Å². The number of hydrazine groups is 1. The molecule has 4 aromatic carbocycles. The van der Waals surface area contributed by atoms with Crippen LogP contribution in [0.4, 0.5) is 5.69 Å². The number of aromatic nitrogens is 2. The van der Waals surface area contributed by atoms with E-state index in [0.717, 1.165) is 31.6 Å². The Morgan fingerprint density at radius 2 is 1.71 bits per heavy atom. The number of rotatable bonds is 5. The predicted octanol–water partition coefficient (Wildman–Crippen LogP) is 7.22. The summed E-state index contributed by atoms with van der Waals surface area (Å²) >= 11 is 2.49. The zero-order valence-electron chi connectivity index (χ0n) is 19.4. The normalized spacial score (nSPS) is 16.3. The first-order chi connectivity index (χ1) is 17.2. The number of halogens is 1. The Balaban J connectivity index is 1.38. The van der Waals surface area contributed by atoms with Gasteiger partial charge in [0.05, 0.1) is 24.3 Å². The third kappa shape index (κ3) is 4.70. The van der Waals surface area contributed by atoms with Crippen LogP contribution in [0.25, 0.3) is 21.9 Å². The molecular formula is C30H27IN4. The largest absolute Gasteiger partial charge is 0.347 e. The van der Waals surface area contributed by atoms with Gasteiger partial charge in [-0.25, -0.2) is 4.98 Å². The molecule has 5 heteroatoms. The minimum atomic E-state index is 0.495. The molecule has 5 aromatic rings. The maximum Gasteiger partial charge on any atom is 0.0922 e. The summed E-state index contributed by atoms with van der Waals surface area (Å²) in [5, 5.41) is 5.07. The van der Waals surface area contributed by atoms with Gasteiger partial charge in [-0.15, -0.1) is 0 Å². The van der Waals surface area contributed by atoms with Crippen molar-refractivity contribution in [3.63, 3.8) is 0 Å². The number of H-pyrrole nitrogens is 1. The van der Waals surface area contributed by atoms with Gasteiger partial charge >= 0.3 is 0 Å².